The van der Waals surface area contributed by atoms with E-state index in [-0.39, 0.29) is 24.3 Å². The van der Waals surface area contributed by atoms with Gasteiger partial charge >= 0.3 is 0 Å². The van der Waals surface area contributed by atoms with E-state index < -0.39 is 0 Å². The van der Waals surface area contributed by atoms with Crippen LogP contribution in [0.15, 0.2) is 40.8 Å². The van der Waals surface area contributed by atoms with Crippen LogP contribution in [0, 0.1) is 5.92 Å². The summed E-state index contributed by atoms with van der Waals surface area (Å²) >= 11 is 0. The number of para-hydroxylation sites is 1. The SMILES string of the molecule is COc1cc2c(cc1NC(=O)CN1CCN(C(=O)C(C)C)CC1)oc1ccccc12. The summed E-state index contributed by atoms with van der Waals surface area (Å²) in [6.45, 7) is 6.77. The number of amides is 2. The number of benzene rings is 2. The molecule has 1 aliphatic rings. The summed E-state index contributed by atoms with van der Waals surface area (Å²) in [6.07, 6.45) is 0. The van der Waals surface area contributed by atoms with Crippen molar-refractivity contribution in [1.29, 1.82) is 0 Å². The molecule has 4 rings (SSSR count). The smallest absolute Gasteiger partial charge is 0.238 e. The van der Waals surface area contributed by atoms with E-state index in [2.05, 4.69) is 10.2 Å². The van der Waals surface area contributed by atoms with Gasteiger partial charge in [0.2, 0.25) is 11.8 Å². The number of nitrogens with zero attached hydrogens (tertiary/aromatic N) is 2. The van der Waals surface area contributed by atoms with Crippen molar-refractivity contribution in [1.82, 2.24) is 9.80 Å². The third kappa shape index (κ3) is 3.98. The normalized spacial score (nSPS) is 15.1. The first-order valence-electron chi connectivity index (χ1n) is 10.3. The van der Waals surface area contributed by atoms with E-state index in [1.165, 1.54) is 0 Å². The van der Waals surface area contributed by atoms with Crippen LogP contribution in [-0.4, -0.2) is 61.4 Å². The lowest BCUT2D eigenvalue weighted by atomic mass is 10.1. The molecule has 1 aromatic heterocycles. The van der Waals surface area contributed by atoms with Gasteiger partial charge in [-0.1, -0.05) is 32.0 Å². The van der Waals surface area contributed by atoms with Crippen LogP contribution in [0.1, 0.15) is 13.8 Å². The lowest BCUT2D eigenvalue weighted by Gasteiger charge is -2.35. The molecule has 7 nitrogen and oxygen atoms in total. The molecular formula is C23H27N3O4. The first kappa shape index (κ1) is 20.2. The number of furan rings is 1. The Bertz CT molecular complexity index is 1080. The number of hydrogen-bond acceptors (Lipinski definition) is 5. The summed E-state index contributed by atoms with van der Waals surface area (Å²) in [7, 11) is 1.59. The Morgan fingerprint density at radius 2 is 1.80 bits per heavy atom. The van der Waals surface area contributed by atoms with Gasteiger partial charge in [0.25, 0.3) is 0 Å². The predicted octanol–water partition coefficient (Wildman–Crippen LogP) is 3.33. The first-order valence-corrected chi connectivity index (χ1v) is 10.3. The van der Waals surface area contributed by atoms with Crippen molar-refractivity contribution in [3.63, 3.8) is 0 Å². The fraction of sp³-hybridized carbons (Fsp3) is 0.391. The maximum absolute atomic E-state index is 12.7. The number of carbonyl (C=O) groups is 2. The molecule has 2 amide bonds. The maximum Gasteiger partial charge on any atom is 0.238 e. The average molecular weight is 409 g/mol. The fourth-order valence-corrected chi connectivity index (χ4v) is 3.90. The van der Waals surface area contributed by atoms with Crippen LogP contribution in [-0.2, 0) is 9.59 Å². The van der Waals surface area contributed by atoms with Gasteiger partial charge in [-0.05, 0) is 12.1 Å². The third-order valence-electron chi connectivity index (χ3n) is 5.52. The van der Waals surface area contributed by atoms with Crippen molar-refractivity contribution in [3.05, 3.63) is 36.4 Å². The van der Waals surface area contributed by atoms with E-state index in [9.17, 15) is 9.59 Å². The largest absolute Gasteiger partial charge is 0.495 e. The van der Waals surface area contributed by atoms with Gasteiger partial charge in [0.15, 0.2) is 0 Å². The Morgan fingerprint density at radius 1 is 1.07 bits per heavy atom. The minimum absolute atomic E-state index is 0.000444. The molecule has 0 saturated carbocycles. The standard InChI is InChI=1S/C23H27N3O4/c1-15(2)23(28)26-10-8-25(9-11-26)14-22(27)24-18-13-20-17(12-21(18)29-3)16-6-4-5-7-19(16)30-20/h4-7,12-13,15H,8-11,14H2,1-3H3,(H,24,27). The number of nitrogens with one attached hydrogen (secondary N) is 1. The number of fused-ring (bicyclic) bond motifs is 3. The van der Waals surface area contributed by atoms with Gasteiger partial charge in [-0.15, -0.1) is 0 Å². The van der Waals surface area contributed by atoms with Crippen LogP contribution >= 0.6 is 0 Å². The van der Waals surface area contributed by atoms with Crippen LogP contribution in [0.25, 0.3) is 21.9 Å². The van der Waals surface area contributed by atoms with E-state index in [1.54, 1.807) is 7.11 Å². The Morgan fingerprint density at radius 3 is 2.50 bits per heavy atom. The highest BCUT2D eigenvalue weighted by Crippen LogP contribution is 2.36. The van der Waals surface area contributed by atoms with Crippen molar-refractivity contribution < 1.29 is 18.7 Å². The highest BCUT2D eigenvalue weighted by atomic mass is 16.5. The van der Waals surface area contributed by atoms with Crippen molar-refractivity contribution in [2.45, 2.75) is 13.8 Å². The summed E-state index contributed by atoms with van der Waals surface area (Å²) in [6, 6.07) is 11.5. The molecule has 2 aromatic carbocycles. The number of ether oxygens (including phenoxy) is 1. The molecule has 7 heteroatoms. The number of piperazine rings is 1. The molecule has 1 saturated heterocycles. The number of methoxy groups -OCH3 is 1. The number of hydrogen-bond donors (Lipinski definition) is 1. The van der Waals surface area contributed by atoms with Gasteiger partial charge in [-0.3, -0.25) is 14.5 Å². The summed E-state index contributed by atoms with van der Waals surface area (Å²) < 4.78 is 11.4. The second kappa shape index (κ2) is 8.36. The minimum Gasteiger partial charge on any atom is -0.495 e. The van der Waals surface area contributed by atoms with Gasteiger partial charge in [0.1, 0.15) is 16.9 Å². The second-order valence-electron chi connectivity index (χ2n) is 7.95. The third-order valence-corrected chi connectivity index (χ3v) is 5.52. The van der Waals surface area contributed by atoms with Crippen LogP contribution in [0.2, 0.25) is 0 Å². The number of rotatable bonds is 5. The molecule has 3 aromatic rings. The van der Waals surface area contributed by atoms with Crippen molar-refractivity contribution in [3.8, 4) is 5.75 Å². The molecule has 0 aliphatic carbocycles. The lowest BCUT2D eigenvalue weighted by molar-refractivity contribution is -0.136. The van der Waals surface area contributed by atoms with Gasteiger partial charge in [0.05, 0.1) is 19.3 Å². The molecule has 0 unspecified atom stereocenters. The Hall–Kier alpha value is -3.06. The number of anilines is 1. The molecule has 0 radical (unpaired) electrons. The predicted molar refractivity (Wildman–Crippen MR) is 117 cm³/mol. The molecule has 2 heterocycles. The highest BCUT2D eigenvalue weighted by molar-refractivity contribution is 6.07. The molecule has 158 valence electrons. The van der Waals surface area contributed by atoms with Crippen LogP contribution < -0.4 is 10.1 Å². The molecule has 1 fully saturated rings. The molecule has 30 heavy (non-hydrogen) atoms. The topological polar surface area (TPSA) is 75.0 Å². The highest BCUT2D eigenvalue weighted by Gasteiger charge is 2.24. The van der Waals surface area contributed by atoms with Crippen molar-refractivity contribution in [2.75, 3.05) is 45.2 Å². The first-order chi connectivity index (χ1) is 14.5. The Labute approximate surface area is 175 Å². The van der Waals surface area contributed by atoms with E-state index in [0.717, 1.165) is 16.4 Å². The van der Waals surface area contributed by atoms with Crippen LogP contribution in [0.3, 0.4) is 0 Å². The molecule has 0 bridgehead atoms. The zero-order chi connectivity index (χ0) is 21.3. The lowest BCUT2D eigenvalue weighted by Crippen LogP contribution is -2.51. The summed E-state index contributed by atoms with van der Waals surface area (Å²) in [5, 5.41) is 4.91. The maximum atomic E-state index is 12.7. The van der Waals surface area contributed by atoms with E-state index >= 15 is 0 Å². The zero-order valence-corrected chi connectivity index (χ0v) is 17.6. The van der Waals surface area contributed by atoms with E-state index in [4.69, 9.17) is 9.15 Å². The quantitative estimate of drug-likeness (QED) is 0.700. The monoisotopic (exact) mass is 409 g/mol. The summed E-state index contributed by atoms with van der Waals surface area (Å²) in [4.78, 5) is 28.7. The van der Waals surface area contributed by atoms with E-state index in [1.807, 2.05) is 55.1 Å². The Kier molecular flexibility index (Phi) is 5.63. The van der Waals surface area contributed by atoms with Crippen molar-refractivity contribution >= 4 is 39.4 Å². The van der Waals surface area contributed by atoms with Crippen LogP contribution in [0.5, 0.6) is 5.75 Å². The number of carbonyl (C=O) groups excluding carboxylic acids is 2. The molecular weight excluding hydrogens is 382 g/mol. The van der Waals surface area contributed by atoms with Gasteiger partial charge < -0.3 is 19.4 Å². The van der Waals surface area contributed by atoms with E-state index in [0.29, 0.717) is 43.2 Å². The summed E-state index contributed by atoms with van der Waals surface area (Å²) in [5.41, 5.74) is 2.09. The molecule has 0 spiro atoms. The van der Waals surface area contributed by atoms with Gasteiger partial charge in [-0.2, -0.15) is 0 Å². The molecule has 1 aliphatic heterocycles. The zero-order valence-electron chi connectivity index (χ0n) is 17.6. The van der Waals surface area contributed by atoms with Crippen molar-refractivity contribution in [2.24, 2.45) is 5.92 Å². The van der Waals surface area contributed by atoms with Gasteiger partial charge in [-0.25, -0.2) is 0 Å². The Balaban J connectivity index is 1.44. The fourth-order valence-electron chi connectivity index (χ4n) is 3.90. The minimum atomic E-state index is -0.118. The second-order valence-corrected chi connectivity index (χ2v) is 7.95. The van der Waals surface area contributed by atoms with Gasteiger partial charge in [0, 0.05) is 48.9 Å². The summed E-state index contributed by atoms with van der Waals surface area (Å²) in [5.74, 6) is 0.644. The molecule has 0 atom stereocenters. The van der Waals surface area contributed by atoms with Crippen LogP contribution in [0.4, 0.5) is 5.69 Å². The average Bonchev–Trinajstić information content (AvgIpc) is 3.10. The molecule has 1 N–H and O–H groups in total.